The van der Waals surface area contributed by atoms with Gasteiger partial charge in [0.1, 0.15) is 5.82 Å². The molecule has 44 heavy (non-hydrogen) atoms. The molecule has 2 heteroatoms. The fraction of sp³-hybridized carbons (Fsp3) is 0.0714. The maximum absolute atomic E-state index is 14.6. The summed E-state index contributed by atoms with van der Waals surface area (Å²) < 4.78 is 14.6. The van der Waals surface area contributed by atoms with E-state index in [0.29, 0.717) is 0 Å². The maximum Gasteiger partial charge on any atom is 0.123 e. The lowest BCUT2D eigenvalue weighted by atomic mass is 9.79. The molecule has 7 aromatic carbocycles. The minimum Gasteiger partial charge on any atom is -0.256 e. The molecule has 0 amide bonds. The number of halogens is 1. The Morgan fingerprint density at radius 3 is 1.86 bits per heavy atom. The van der Waals surface area contributed by atoms with Crippen LogP contribution in [0.3, 0.4) is 0 Å². The molecule has 1 nitrogen and oxygen atoms in total. The molecule has 0 N–H and O–H groups in total. The van der Waals surface area contributed by atoms with Gasteiger partial charge in [-0.1, -0.05) is 111 Å². The number of fused-ring (bicyclic) bond motifs is 8. The van der Waals surface area contributed by atoms with Gasteiger partial charge >= 0.3 is 0 Å². The Labute approximate surface area is 255 Å². The Balaban J connectivity index is 1.42. The second-order valence-corrected chi connectivity index (χ2v) is 12.5. The zero-order valence-corrected chi connectivity index (χ0v) is 24.5. The van der Waals surface area contributed by atoms with E-state index in [0.717, 1.165) is 33.2 Å². The van der Waals surface area contributed by atoms with Crippen molar-refractivity contribution < 1.29 is 4.39 Å². The average Bonchev–Trinajstić information content (AvgIpc) is 3.28. The molecule has 0 aliphatic heterocycles. The highest BCUT2D eigenvalue weighted by Crippen LogP contribution is 2.54. The van der Waals surface area contributed by atoms with Gasteiger partial charge in [0.25, 0.3) is 0 Å². The van der Waals surface area contributed by atoms with E-state index < -0.39 is 0 Å². The summed E-state index contributed by atoms with van der Waals surface area (Å²) in [6, 6.07) is 44.7. The van der Waals surface area contributed by atoms with Gasteiger partial charge in [-0.3, -0.25) is 4.98 Å². The third-order valence-corrected chi connectivity index (χ3v) is 9.73. The number of benzene rings is 7. The second-order valence-electron chi connectivity index (χ2n) is 12.5. The summed E-state index contributed by atoms with van der Waals surface area (Å²) in [6.07, 6.45) is 1.87. The van der Waals surface area contributed by atoms with E-state index in [-0.39, 0.29) is 11.2 Å². The minimum absolute atomic E-state index is 0.205. The van der Waals surface area contributed by atoms with Gasteiger partial charge in [-0.2, -0.15) is 0 Å². The Morgan fingerprint density at radius 1 is 0.500 bits per heavy atom. The van der Waals surface area contributed by atoms with Crippen molar-refractivity contribution >= 4 is 43.2 Å². The summed E-state index contributed by atoms with van der Waals surface area (Å²) >= 11 is 0. The predicted octanol–water partition coefficient (Wildman–Crippen LogP) is 11.5. The van der Waals surface area contributed by atoms with E-state index in [9.17, 15) is 4.39 Å². The fourth-order valence-corrected chi connectivity index (χ4v) is 7.69. The highest BCUT2D eigenvalue weighted by molar-refractivity contribution is 6.24. The van der Waals surface area contributed by atoms with Crippen LogP contribution in [0.5, 0.6) is 0 Å². The van der Waals surface area contributed by atoms with E-state index in [1.807, 2.05) is 18.3 Å². The Hall–Kier alpha value is -5.34. The first-order chi connectivity index (χ1) is 21.5. The summed E-state index contributed by atoms with van der Waals surface area (Å²) in [7, 11) is 0. The number of hydrogen-bond donors (Lipinski definition) is 0. The zero-order chi connectivity index (χ0) is 29.6. The molecule has 1 aromatic heterocycles. The third kappa shape index (κ3) is 3.43. The first kappa shape index (κ1) is 25.2. The van der Waals surface area contributed by atoms with Crippen molar-refractivity contribution in [2.75, 3.05) is 0 Å². The van der Waals surface area contributed by atoms with Crippen LogP contribution in [-0.2, 0) is 5.41 Å². The Bertz CT molecular complexity index is 2430. The monoisotopic (exact) mass is 565 g/mol. The summed E-state index contributed by atoms with van der Waals surface area (Å²) in [5.41, 5.74) is 9.80. The molecule has 9 rings (SSSR count). The highest BCUT2D eigenvalue weighted by Gasteiger charge is 2.38. The van der Waals surface area contributed by atoms with Crippen molar-refractivity contribution in [3.05, 3.63) is 151 Å². The van der Waals surface area contributed by atoms with E-state index >= 15 is 0 Å². The van der Waals surface area contributed by atoms with Crippen molar-refractivity contribution in [3.63, 3.8) is 0 Å². The van der Waals surface area contributed by atoms with Crippen LogP contribution in [-0.4, -0.2) is 4.98 Å². The molecule has 0 bridgehead atoms. The van der Waals surface area contributed by atoms with Crippen LogP contribution in [0, 0.1) is 5.82 Å². The molecular weight excluding hydrogens is 537 g/mol. The van der Waals surface area contributed by atoms with Gasteiger partial charge in [0.2, 0.25) is 0 Å². The molecule has 0 atom stereocenters. The number of hydrogen-bond acceptors (Lipinski definition) is 1. The van der Waals surface area contributed by atoms with Gasteiger partial charge in [-0.05, 0) is 102 Å². The van der Waals surface area contributed by atoms with Crippen molar-refractivity contribution in [3.8, 4) is 33.4 Å². The minimum atomic E-state index is -0.371. The molecule has 0 saturated heterocycles. The van der Waals surface area contributed by atoms with Crippen LogP contribution in [0.1, 0.15) is 25.0 Å². The molecule has 1 heterocycles. The fourth-order valence-electron chi connectivity index (χ4n) is 7.69. The van der Waals surface area contributed by atoms with Crippen LogP contribution in [0.4, 0.5) is 4.39 Å². The molecule has 0 spiro atoms. The van der Waals surface area contributed by atoms with Gasteiger partial charge in [0.05, 0.1) is 5.52 Å². The lowest BCUT2D eigenvalue weighted by Crippen LogP contribution is -2.15. The number of pyridine rings is 1. The summed E-state index contributed by atoms with van der Waals surface area (Å²) in [6.45, 7) is 4.41. The van der Waals surface area contributed by atoms with Crippen molar-refractivity contribution in [2.45, 2.75) is 19.3 Å². The summed E-state index contributed by atoms with van der Waals surface area (Å²) in [5.74, 6) is -0.205. The van der Waals surface area contributed by atoms with Gasteiger partial charge in [0, 0.05) is 22.6 Å². The largest absolute Gasteiger partial charge is 0.256 e. The predicted molar refractivity (Wildman–Crippen MR) is 183 cm³/mol. The van der Waals surface area contributed by atoms with Crippen LogP contribution < -0.4 is 0 Å². The molecule has 208 valence electrons. The van der Waals surface area contributed by atoms with E-state index in [2.05, 4.69) is 117 Å². The SMILES string of the molecule is CC1(C)c2cc(F)ccc2-c2c1cc(-c1c3ccccc3c(-c3ccc4ccccc4c3)c3ccccc13)c1cccnc21. The molecule has 8 aromatic rings. The van der Waals surface area contributed by atoms with Gasteiger partial charge < -0.3 is 0 Å². The molecule has 1 aliphatic carbocycles. The molecule has 0 unspecified atom stereocenters. The summed E-state index contributed by atoms with van der Waals surface area (Å²) in [4.78, 5) is 4.99. The van der Waals surface area contributed by atoms with Crippen molar-refractivity contribution in [1.82, 2.24) is 4.98 Å². The third-order valence-electron chi connectivity index (χ3n) is 9.73. The molecule has 0 fully saturated rings. The van der Waals surface area contributed by atoms with Crippen LogP contribution >= 0.6 is 0 Å². The number of nitrogens with zero attached hydrogens (tertiary/aromatic N) is 1. The zero-order valence-electron chi connectivity index (χ0n) is 24.5. The quantitative estimate of drug-likeness (QED) is 0.190. The maximum atomic E-state index is 14.6. The van der Waals surface area contributed by atoms with Gasteiger partial charge in [-0.25, -0.2) is 4.39 Å². The van der Waals surface area contributed by atoms with Gasteiger partial charge in [-0.15, -0.1) is 0 Å². The smallest absolute Gasteiger partial charge is 0.123 e. The Kier molecular flexibility index (Phi) is 5.20. The topological polar surface area (TPSA) is 12.9 Å². The van der Waals surface area contributed by atoms with Crippen LogP contribution in [0.25, 0.3) is 76.6 Å². The number of aromatic nitrogens is 1. The van der Waals surface area contributed by atoms with Crippen LogP contribution in [0.2, 0.25) is 0 Å². The van der Waals surface area contributed by atoms with Crippen molar-refractivity contribution in [2.24, 2.45) is 0 Å². The normalized spacial score (nSPS) is 13.5. The molecule has 1 aliphatic rings. The lowest BCUT2D eigenvalue weighted by Gasteiger charge is -2.24. The van der Waals surface area contributed by atoms with Crippen LogP contribution in [0.15, 0.2) is 134 Å². The molecule has 0 saturated carbocycles. The summed E-state index contributed by atoms with van der Waals surface area (Å²) in [5, 5.41) is 8.43. The first-order valence-corrected chi connectivity index (χ1v) is 15.2. The first-order valence-electron chi connectivity index (χ1n) is 15.2. The van der Waals surface area contributed by atoms with Gasteiger partial charge in [0.15, 0.2) is 0 Å². The van der Waals surface area contributed by atoms with Crippen molar-refractivity contribution in [1.29, 1.82) is 0 Å². The molecule has 0 radical (unpaired) electrons. The van der Waals surface area contributed by atoms with E-state index in [1.165, 1.54) is 54.6 Å². The average molecular weight is 566 g/mol. The van der Waals surface area contributed by atoms with E-state index in [1.54, 1.807) is 12.1 Å². The number of rotatable bonds is 2. The molecular formula is C42H28FN. The standard InChI is InChI=1S/C42H28FN/c1-42(2)36-23-28(43)19-20-34(36)40-37(42)24-35(33-16-9-21-44-41(33)40)39-31-14-7-5-12-29(31)38(30-13-6-8-15-32(30)39)27-18-17-25-10-3-4-11-26(25)22-27/h3-24H,1-2H3. The highest BCUT2D eigenvalue weighted by atomic mass is 19.1. The lowest BCUT2D eigenvalue weighted by molar-refractivity contribution is 0.609. The second kappa shape index (κ2) is 9.08. The van der Waals surface area contributed by atoms with E-state index in [4.69, 9.17) is 4.98 Å². The Morgan fingerprint density at radius 2 is 1.14 bits per heavy atom.